The molecule has 4 heteroatoms. The highest BCUT2D eigenvalue weighted by molar-refractivity contribution is 5.64. The predicted octanol–water partition coefficient (Wildman–Crippen LogP) is 3.08. The molecule has 1 fully saturated rings. The van der Waals surface area contributed by atoms with Crippen molar-refractivity contribution in [2.75, 3.05) is 0 Å². The minimum absolute atomic E-state index is 0.124. The molecule has 3 rings (SSSR count). The van der Waals surface area contributed by atoms with Gasteiger partial charge in [-0.25, -0.2) is 4.39 Å². The molecule has 3 nitrogen and oxygen atoms in total. The van der Waals surface area contributed by atoms with Crippen molar-refractivity contribution in [1.29, 1.82) is 0 Å². The standard InChI is InChI=1S/C15H18FN3/c1-9-5-11(6-10(2)14(9)16)15-12(8-18-19-15)7-17-13-3-4-13/h5-6,8,13,17H,3-4,7H2,1-2H3,(H,18,19). The molecule has 1 aromatic carbocycles. The molecule has 0 spiro atoms. The molecule has 1 aliphatic rings. The molecule has 1 saturated carbocycles. The van der Waals surface area contributed by atoms with Crippen LogP contribution in [0.2, 0.25) is 0 Å². The molecule has 0 bridgehead atoms. The summed E-state index contributed by atoms with van der Waals surface area (Å²) in [5, 5.41) is 10.6. The van der Waals surface area contributed by atoms with Gasteiger partial charge in [-0.2, -0.15) is 5.10 Å². The Bertz CT molecular complexity index is 576. The fourth-order valence-corrected chi connectivity index (χ4v) is 2.33. The normalized spacial score (nSPS) is 14.9. The van der Waals surface area contributed by atoms with Crippen molar-refractivity contribution in [3.63, 3.8) is 0 Å². The van der Waals surface area contributed by atoms with Gasteiger partial charge in [-0.15, -0.1) is 0 Å². The van der Waals surface area contributed by atoms with Gasteiger partial charge in [0.1, 0.15) is 5.82 Å². The third-order valence-corrected chi connectivity index (χ3v) is 3.60. The highest BCUT2D eigenvalue weighted by Crippen LogP contribution is 2.26. The molecular weight excluding hydrogens is 241 g/mol. The molecule has 0 radical (unpaired) electrons. The Morgan fingerprint density at radius 2 is 2.00 bits per heavy atom. The lowest BCUT2D eigenvalue weighted by atomic mass is 10.0. The number of nitrogens with one attached hydrogen (secondary N) is 2. The number of halogens is 1. The Balaban J connectivity index is 1.90. The molecule has 1 heterocycles. The maximum atomic E-state index is 13.7. The average Bonchev–Trinajstić information content (AvgIpc) is 3.10. The Labute approximate surface area is 112 Å². The quantitative estimate of drug-likeness (QED) is 0.886. The van der Waals surface area contributed by atoms with E-state index in [1.807, 2.05) is 18.3 Å². The van der Waals surface area contributed by atoms with Crippen molar-refractivity contribution in [1.82, 2.24) is 15.5 Å². The summed E-state index contributed by atoms with van der Waals surface area (Å²) in [7, 11) is 0. The Morgan fingerprint density at radius 3 is 2.63 bits per heavy atom. The van der Waals surface area contributed by atoms with E-state index in [0.29, 0.717) is 17.2 Å². The number of H-pyrrole nitrogens is 1. The van der Waals surface area contributed by atoms with E-state index >= 15 is 0 Å². The molecule has 2 N–H and O–H groups in total. The van der Waals surface area contributed by atoms with Crippen LogP contribution >= 0.6 is 0 Å². The van der Waals surface area contributed by atoms with Crippen molar-refractivity contribution >= 4 is 0 Å². The van der Waals surface area contributed by atoms with Gasteiger partial charge in [-0.3, -0.25) is 5.10 Å². The third kappa shape index (κ3) is 2.54. The van der Waals surface area contributed by atoms with Gasteiger partial charge in [0, 0.05) is 23.7 Å². The lowest BCUT2D eigenvalue weighted by Crippen LogP contribution is -2.15. The smallest absolute Gasteiger partial charge is 0.129 e. The molecule has 2 aromatic rings. The highest BCUT2D eigenvalue weighted by atomic mass is 19.1. The summed E-state index contributed by atoms with van der Waals surface area (Å²) >= 11 is 0. The minimum atomic E-state index is -0.124. The summed E-state index contributed by atoms with van der Waals surface area (Å²) in [6, 6.07) is 4.41. The largest absolute Gasteiger partial charge is 0.310 e. The van der Waals surface area contributed by atoms with Crippen molar-refractivity contribution in [2.45, 2.75) is 39.3 Å². The van der Waals surface area contributed by atoms with Crippen LogP contribution in [0.3, 0.4) is 0 Å². The Kier molecular flexibility index (Phi) is 3.11. The van der Waals surface area contributed by atoms with Gasteiger partial charge in [0.25, 0.3) is 0 Å². The van der Waals surface area contributed by atoms with Crippen LogP contribution in [0.4, 0.5) is 4.39 Å². The summed E-state index contributed by atoms with van der Waals surface area (Å²) in [5.74, 6) is -0.124. The Hall–Kier alpha value is -1.68. The summed E-state index contributed by atoms with van der Waals surface area (Å²) < 4.78 is 13.7. The molecular formula is C15H18FN3. The molecule has 0 aliphatic heterocycles. The lowest BCUT2D eigenvalue weighted by molar-refractivity contribution is 0.609. The van der Waals surface area contributed by atoms with E-state index in [-0.39, 0.29) is 5.82 Å². The van der Waals surface area contributed by atoms with E-state index in [2.05, 4.69) is 15.5 Å². The molecule has 0 saturated heterocycles. The summed E-state index contributed by atoms with van der Waals surface area (Å²) in [5.41, 5.74) is 4.47. The molecule has 1 aromatic heterocycles. The number of aromatic nitrogens is 2. The second kappa shape index (κ2) is 4.78. The zero-order chi connectivity index (χ0) is 13.4. The van der Waals surface area contributed by atoms with E-state index in [1.165, 1.54) is 12.8 Å². The van der Waals surface area contributed by atoms with E-state index in [0.717, 1.165) is 23.4 Å². The second-order valence-corrected chi connectivity index (χ2v) is 5.35. The summed E-state index contributed by atoms with van der Waals surface area (Å²) in [6.45, 7) is 4.40. The number of benzene rings is 1. The minimum Gasteiger partial charge on any atom is -0.310 e. The van der Waals surface area contributed by atoms with Crippen molar-refractivity contribution in [3.05, 3.63) is 40.8 Å². The van der Waals surface area contributed by atoms with Crippen LogP contribution in [0.15, 0.2) is 18.3 Å². The van der Waals surface area contributed by atoms with Crippen LogP contribution in [-0.4, -0.2) is 16.2 Å². The second-order valence-electron chi connectivity index (χ2n) is 5.35. The SMILES string of the molecule is Cc1cc(-c2[nH]ncc2CNC2CC2)cc(C)c1F. The van der Waals surface area contributed by atoms with Gasteiger partial charge < -0.3 is 5.32 Å². The van der Waals surface area contributed by atoms with Gasteiger partial charge in [0.2, 0.25) is 0 Å². The maximum absolute atomic E-state index is 13.7. The van der Waals surface area contributed by atoms with Gasteiger partial charge in [0.15, 0.2) is 0 Å². The van der Waals surface area contributed by atoms with E-state index in [9.17, 15) is 4.39 Å². The van der Waals surface area contributed by atoms with Gasteiger partial charge in [-0.05, 0) is 49.9 Å². The zero-order valence-corrected chi connectivity index (χ0v) is 11.3. The highest BCUT2D eigenvalue weighted by Gasteiger charge is 2.21. The van der Waals surface area contributed by atoms with E-state index in [4.69, 9.17) is 0 Å². The monoisotopic (exact) mass is 259 g/mol. The molecule has 19 heavy (non-hydrogen) atoms. The molecule has 0 amide bonds. The van der Waals surface area contributed by atoms with Crippen LogP contribution in [0.5, 0.6) is 0 Å². The first-order chi connectivity index (χ1) is 9.15. The van der Waals surface area contributed by atoms with Crippen LogP contribution in [-0.2, 0) is 6.54 Å². The maximum Gasteiger partial charge on any atom is 0.129 e. The zero-order valence-electron chi connectivity index (χ0n) is 11.3. The molecule has 1 aliphatic carbocycles. The fourth-order valence-electron chi connectivity index (χ4n) is 2.33. The van der Waals surface area contributed by atoms with Crippen LogP contribution in [0, 0.1) is 19.7 Å². The number of hydrogen-bond acceptors (Lipinski definition) is 2. The summed E-state index contributed by atoms with van der Waals surface area (Å²) in [4.78, 5) is 0. The Morgan fingerprint density at radius 1 is 1.32 bits per heavy atom. The number of rotatable bonds is 4. The predicted molar refractivity (Wildman–Crippen MR) is 73.3 cm³/mol. The van der Waals surface area contributed by atoms with Crippen LogP contribution < -0.4 is 5.32 Å². The van der Waals surface area contributed by atoms with Gasteiger partial charge in [-0.1, -0.05) is 0 Å². The fraction of sp³-hybridized carbons (Fsp3) is 0.400. The topological polar surface area (TPSA) is 40.7 Å². The van der Waals surface area contributed by atoms with E-state index < -0.39 is 0 Å². The van der Waals surface area contributed by atoms with Crippen LogP contribution in [0.25, 0.3) is 11.3 Å². The molecule has 100 valence electrons. The molecule has 0 unspecified atom stereocenters. The first-order valence-corrected chi connectivity index (χ1v) is 6.68. The molecule has 0 atom stereocenters. The first kappa shape index (κ1) is 12.4. The number of aryl methyl sites for hydroxylation is 2. The van der Waals surface area contributed by atoms with Gasteiger partial charge in [0.05, 0.1) is 11.9 Å². The van der Waals surface area contributed by atoms with E-state index in [1.54, 1.807) is 13.8 Å². The van der Waals surface area contributed by atoms with Crippen molar-refractivity contribution in [3.8, 4) is 11.3 Å². The van der Waals surface area contributed by atoms with Crippen molar-refractivity contribution in [2.24, 2.45) is 0 Å². The lowest BCUT2D eigenvalue weighted by Gasteiger charge is -2.08. The van der Waals surface area contributed by atoms with Gasteiger partial charge >= 0.3 is 0 Å². The average molecular weight is 259 g/mol. The first-order valence-electron chi connectivity index (χ1n) is 6.68. The number of aromatic amines is 1. The third-order valence-electron chi connectivity index (χ3n) is 3.60. The summed E-state index contributed by atoms with van der Waals surface area (Å²) in [6.07, 6.45) is 4.38. The van der Waals surface area contributed by atoms with Crippen molar-refractivity contribution < 1.29 is 4.39 Å². The number of hydrogen-bond donors (Lipinski definition) is 2. The van der Waals surface area contributed by atoms with Crippen LogP contribution in [0.1, 0.15) is 29.5 Å². The number of nitrogens with zero attached hydrogens (tertiary/aromatic N) is 1.